The van der Waals surface area contributed by atoms with E-state index in [1.165, 1.54) is 6.07 Å². The summed E-state index contributed by atoms with van der Waals surface area (Å²) in [5, 5.41) is 16.5. The molecule has 6 heteroatoms. The SMILES string of the molecule is O=C(CCNc1ccccc1[N+](=O)[O-])Nc1ccccc1. The fourth-order valence-electron chi connectivity index (χ4n) is 1.84. The number of carbonyl (C=O) groups is 1. The molecule has 0 aliphatic heterocycles. The maximum Gasteiger partial charge on any atom is 0.292 e. The van der Waals surface area contributed by atoms with Crippen molar-refractivity contribution in [2.45, 2.75) is 6.42 Å². The lowest BCUT2D eigenvalue weighted by atomic mass is 10.2. The minimum atomic E-state index is -0.452. The molecule has 0 saturated carbocycles. The lowest BCUT2D eigenvalue weighted by Crippen LogP contribution is -2.16. The van der Waals surface area contributed by atoms with Gasteiger partial charge in [-0.15, -0.1) is 0 Å². The zero-order valence-corrected chi connectivity index (χ0v) is 11.3. The predicted octanol–water partition coefficient (Wildman–Crippen LogP) is 3.04. The van der Waals surface area contributed by atoms with Gasteiger partial charge in [-0.2, -0.15) is 0 Å². The van der Waals surface area contributed by atoms with Gasteiger partial charge in [0.25, 0.3) is 5.69 Å². The molecular weight excluding hydrogens is 270 g/mol. The Bertz CT molecular complexity index is 629. The summed E-state index contributed by atoms with van der Waals surface area (Å²) in [4.78, 5) is 22.1. The van der Waals surface area contributed by atoms with Crippen LogP contribution in [0.5, 0.6) is 0 Å². The Hall–Kier alpha value is -2.89. The largest absolute Gasteiger partial charge is 0.379 e. The summed E-state index contributed by atoms with van der Waals surface area (Å²) in [6, 6.07) is 15.5. The highest BCUT2D eigenvalue weighted by Gasteiger charge is 2.11. The minimum absolute atomic E-state index is 0.000896. The summed E-state index contributed by atoms with van der Waals surface area (Å²) < 4.78 is 0. The van der Waals surface area contributed by atoms with Crippen LogP contribution in [0, 0.1) is 10.1 Å². The third-order valence-corrected chi connectivity index (χ3v) is 2.83. The number of anilines is 2. The maximum absolute atomic E-state index is 11.7. The Kier molecular flexibility index (Phi) is 4.87. The highest BCUT2D eigenvalue weighted by Crippen LogP contribution is 2.22. The zero-order valence-electron chi connectivity index (χ0n) is 11.3. The Morgan fingerprint density at radius 1 is 1.05 bits per heavy atom. The number of rotatable bonds is 6. The van der Waals surface area contributed by atoms with Gasteiger partial charge in [0.15, 0.2) is 0 Å². The average Bonchev–Trinajstić information content (AvgIpc) is 2.48. The van der Waals surface area contributed by atoms with Crippen molar-refractivity contribution >= 4 is 23.0 Å². The van der Waals surface area contributed by atoms with Gasteiger partial charge in [0.1, 0.15) is 5.69 Å². The second-order valence-electron chi connectivity index (χ2n) is 4.37. The van der Waals surface area contributed by atoms with Gasteiger partial charge >= 0.3 is 0 Å². The number of nitro benzene ring substituents is 1. The summed E-state index contributed by atoms with van der Waals surface area (Å²) in [6.45, 7) is 0.323. The van der Waals surface area contributed by atoms with Crippen LogP contribution in [-0.4, -0.2) is 17.4 Å². The van der Waals surface area contributed by atoms with E-state index in [1.54, 1.807) is 30.3 Å². The second-order valence-corrected chi connectivity index (χ2v) is 4.37. The van der Waals surface area contributed by atoms with Gasteiger partial charge in [0, 0.05) is 24.7 Å². The first kappa shape index (κ1) is 14.5. The smallest absolute Gasteiger partial charge is 0.292 e. The summed E-state index contributed by atoms with van der Waals surface area (Å²) >= 11 is 0. The van der Waals surface area contributed by atoms with Crippen molar-refractivity contribution in [1.29, 1.82) is 0 Å². The summed E-state index contributed by atoms with van der Waals surface area (Å²) in [5.41, 5.74) is 1.14. The van der Waals surface area contributed by atoms with Crippen molar-refractivity contribution in [2.75, 3.05) is 17.2 Å². The first-order chi connectivity index (χ1) is 10.2. The molecule has 2 N–H and O–H groups in total. The van der Waals surface area contributed by atoms with Crippen LogP contribution in [0.3, 0.4) is 0 Å². The second kappa shape index (κ2) is 7.04. The van der Waals surface area contributed by atoms with E-state index in [-0.39, 0.29) is 18.0 Å². The van der Waals surface area contributed by atoms with E-state index < -0.39 is 4.92 Å². The first-order valence-corrected chi connectivity index (χ1v) is 6.49. The number of hydrogen-bond acceptors (Lipinski definition) is 4. The molecule has 0 unspecified atom stereocenters. The molecule has 0 radical (unpaired) electrons. The molecule has 0 bridgehead atoms. The molecule has 21 heavy (non-hydrogen) atoms. The van der Waals surface area contributed by atoms with Crippen molar-refractivity contribution in [2.24, 2.45) is 0 Å². The molecule has 0 aromatic heterocycles. The molecule has 0 aliphatic rings. The first-order valence-electron chi connectivity index (χ1n) is 6.49. The summed E-state index contributed by atoms with van der Waals surface area (Å²) in [5.74, 6) is -0.146. The van der Waals surface area contributed by atoms with Gasteiger partial charge in [-0.1, -0.05) is 30.3 Å². The monoisotopic (exact) mass is 285 g/mol. The number of nitro groups is 1. The third kappa shape index (κ3) is 4.31. The molecule has 6 nitrogen and oxygen atoms in total. The van der Waals surface area contributed by atoms with Gasteiger partial charge in [-0.05, 0) is 18.2 Å². The quantitative estimate of drug-likeness (QED) is 0.631. The van der Waals surface area contributed by atoms with Gasteiger partial charge in [0.05, 0.1) is 4.92 Å². The molecule has 2 aromatic rings. The van der Waals surface area contributed by atoms with Crippen LogP contribution < -0.4 is 10.6 Å². The van der Waals surface area contributed by atoms with Crippen LogP contribution in [0.2, 0.25) is 0 Å². The van der Waals surface area contributed by atoms with Crippen molar-refractivity contribution in [3.8, 4) is 0 Å². The molecule has 0 spiro atoms. The molecule has 1 amide bonds. The molecule has 0 heterocycles. The Labute approximate surface area is 121 Å². The zero-order chi connectivity index (χ0) is 15.1. The predicted molar refractivity (Wildman–Crippen MR) is 81.3 cm³/mol. The topological polar surface area (TPSA) is 84.3 Å². The Morgan fingerprint density at radius 2 is 1.71 bits per heavy atom. The molecule has 2 aromatic carbocycles. The van der Waals surface area contributed by atoms with Crippen LogP contribution >= 0.6 is 0 Å². The highest BCUT2D eigenvalue weighted by atomic mass is 16.6. The normalized spacial score (nSPS) is 9.90. The molecule has 0 saturated heterocycles. The standard InChI is InChI=1S/C15H15N3O3/c19-15(17-12-6-2-1-3-7-12)10-11-16-13-8-4-5-9-14(13)18(20)21/h1-9,16H,10-11H2,(H,17,19). The number of amides is 1. The van der Waals surface area contributed by atoms with E-state index >= 15 is 0 Å². The van der Waals surface area contributed by atoms with Crippen LogP contribution in [0.1, 0.15) is 6.42 Å². The number of nitrogens with zero attached hydrogens (tertiary/aromatic N) is 1. The van der Waals surface area contributed by atoms with E-state index in [0.29, 0.717) is 12.2 Å². The van der Waals surface area contributed by atoms with E-state index in [1.807, 2.05) is 18.2 Å². The lowest BCUT2D eigenvalue weighted by molar-refractivity contribution is -0.384. The van der Waals surface area contributed by atoms with E-state index in [2.05, 4.69) is 10.6 Å². The molecule has 0 fully saturated rings. The van der Waals surface area contributed by atoms with Crippen molar-refractivity contribution < 1.29 is 9.72 Å². The molecular formula is C15H15N3O3. The van der Waals surface area contributed by atoms with Crippen LogP contribution in [0.4, 0.5) is 17.1 Å². The minimum Gasteiger partial charge on any atom is -0.379 e. The molecule has 2 rings (SSSR count). The van der Waals surface area contributed by atoms with Crippen LogP contribution in [-0.2, 0) is 4.79 Å². The Balaban J connectivity index is 1.84. The fraction of sp³-hybridized carbons (Fsp3) is 0.133. The van der Waals surface area contributed by atoms with Gasteiger partial charge < -0.3 is 10.6 Å². The van der Waals surface area contributed by atoms with Crippen molar-refractivity contribution in [3.63, 3.8) is 0 Å². The lowest BCUT2D eigenvalue weighted by Gasteiger charge is -2.07. The number of benzene rings is 2. The van der Waals surface area contributed by atoms with Crippen LogP contribution in [0.15, 0.2) is 54.6 Å². The van der Waals surface area contributed by atoms with Gasteiger partial charge in [0.2, 0.25) is 5.91 Å². The third-order valence-electron chi connectivity index (χ3n) is 2.83. The maximum atomic E-state index is 11.7. The van der Waals surface area contributed by atoms with Gasteiger partial charge in [-0.25, -0.2) is 0 Å². The molecule has 0 aliphatic carbocycles. The van der Waals surface area contributed by atoms with E-state index in [4.69, 9.17) is 0 Å². The molecule has 108 valence electrons. The number of carbonyl (C=O) groups excluding carboxylic acids is 1. The van der Waals surface area contributed by atoms with Crippen molar-refractivity contribution in [3.05, 3.63) is 64.7 Å². The summed E-state index contributed by atoms with van der Waals surface area (Å²) in [6.07, 6.45) is 0.223. The number of nitrogens with one attached hydrogen (secondary N) is 2. The highest BCUT2D eigenvalue weighted by molar-refractivity contribution is 5.90. The average molecular weight is 285 g/mol. The number of hydrogen-bond donors (Lipinski definition) is 2. The van der Waals surface area contributed by atoms with Gasteiger partial charge in [-0.3, -0.25) is 14.9 Å². The number of para-hydroxylation sites is 3. The van der Waals surface area contributed by atoms with E-state index in [9.17, 15) is 14.9 Å². The van der Waals surface area contributed by atoms with Crippen LogP contribution in [0.25, 0.3) is 0 Å². The Morgan fingerprint density at radius 3 is 2.43 bits per heavy atom. The molecule has 0 atom stereocenters. The van der Waals surface area contributed by atoms with Crippen molar-refractivity contribution in [1.82, 2.24) is 0 Å². The van der Waals surface area contributed by atoms with E-state index in [0.717, 1.165) is 5.69 Å². The summed E-state index contributed by atoms with van der Waals surface area (Å²) in [7, 11) is 0. The fourth-order valence-corrected chi connectivity index (χ4v) is 1.84.